The highest BCUT2D eigenvalue weighted by Gasteiger charge is 2.46. The summed E-state index contributed by atoms with van der Waals surface area (Å²) in [6.45, 7) is 2.30. The first-order chi connectivity index (χ1) is 11.8. The lowest BCUT2D eigenvalue weighted by atomic mass is 9.69. The van der Waals surface area contributed by atoms with E-state index in [0.717, 1.165) is 18.8 Å². The summed E-state index contributed by atoms with van der Waals surface area (Å²) < 4.78 is 60.6. The van der Waals surface area contributed by atoms with Crippen LogP contribution in [0.15, 0.2) is 0 Å². The Morgan fingerprint density at radius 3 is 1.81 bits per heavy atom. The van der Waals surface area contributed by atoms with Crippen molar-refractivity contribution in [2.45, 2.75) is 110 Å². The number of ether oxygens (including phenoxy) is 1. The first kappa shape index (κ1) is 24.7. The van der Waals surface area contributed by atoms with Gasteiger partial charge in [0.15, 0.2) is 0 Å². The molecule has 3 aliphatic carbocycles. The van der Waals surface area contributed by atoms with Gasteiger partial charge in [0.05, 0.1) is 12.0 Å². The average Bonchev–Trinajstić information content (AvgIpc) is 2.59. The van der Waals surface area contributed by atoms with Crippen LogP contribution in [0.1, 0.15) is 87.8 Å². The molecular weight excluding hydrogens is 360 g/mol. The minimum atomic E-state index is -3.21. The maximum Gasteiger partial charge on any atom is 0.358 e. The molecule has 3 atom stereocenters. The third kappa shape index (κ3) is 6.31. The zero-order chi connectivity index (χ0) is 18.0. The molecule has 0 aromatic heterocycles. The van der Waals surface area contributed by atoms with Gasteiger partial charge in [0.25, 0.3) is 0 Å². The molecule has 0 heterocycles. The molecule has 6 heteroatoms. The van der Waals surface area contributed by atoms with Crippen molar-refractivity contribution in [3.05, 3.63) is 0 Å². The van der Waals surface area contributed by atoms with Crippen molar-refractivity contribution in [1.29, 1.82) is 0 Å². The molecule has 3 fully saturated rings. The molecule has 0 saturated heterocycles. The summed E-state index contributed by atoms with van der Waals surface area (Å²) in [5, 5.41) is 0. The van der Waals surface area contributed by atoms with E-state index < -0.39 is 30.5 Å². The van der Waals surface area contributed by atoms with Crippen molar-refractivity contribution in [2.24, 2.45) is 23.7 Å². The van der Waals surface area contributed by atoms with Crippen molar-refractivity contribution in [1.82, 2.24) is 0 Å². The van der Waals surface area contributed by atoms with Gasteiger partial charge in [0.2, 0.25) is 0 Å². The summed E-state index contributed by atoms with van der Waals surface area (Å²) in [4.78, 5) is 0. The van der Waals surface area contributed by atoms with E-state index in [0.29, 0.717) is 24.7 Å². The first-order valence-corrected chi connectivity index (χ1v) is 10.2. The van der Waals surface area contributed by atoms with Gasteiger partial charge in [-0.15, -0.1) is 0 Å². The second-order valence-corrected chi connectivity index (χ2v) is 8.78. The number of hydrogen-bond donors (Lipinski definition) is 0. The van der Waals surface area contributed by atoms with Crippen LogP contribution in [0.4, 0.5) is 17.6 Å². The molecule has 3 aliphatic rings. The van der Waals surface area contributed by atoms with Gasteiger partial charge >= 0.3 is 6.11 Å². The van der Waals surface area contributed by atoms with Gasteiger partial charge in [-0.25, -0.2) is 8.78 Å². The van der Waals surface area contributed by atoms with Crippen LogP contribution in [-0.4, -0.2) is 30.0 Å². The van der Waals surface area contributed by atoms with E-state index in [1.807, 2.05) is 0 Å². The summed E-state index contributed by atoms with van der Waals surface area (Å²) in [7, 11) is 0. The maximum atomic E-state index is 14.5. The maximum absolute atomic E-state index is 14.5. The molecule has 3 rings (SSSR count). The Hall–Kier alpha value is -0.360. The molecule has 0 aromatic carbocycles. The summed E-state index contributed by atoms with van der Waals surface area (Å²) in [5.74, 6) is 1.33. The zero-order valence-electron chi connectivity index (χ0n) is 15.7. The minimum Gasteiger partial charge on any atom is -0.412 e. The van der Waals surface area contributed by atoms with Crippen molar-refractivity contribution in [3.8, 4) is 0 Å². The quantitative estimate of drug-likeness (QED) is 0.479. The van der Waals surface area contributed by atoms with Crippen molar-refractivity contribution in [2.75, 3.05) is 0 Å². The third-order valence-electron chi connectivity index (χ3n) is 6.94. The molecule has 0 aromatic rings. The highest BCUT2D eigenvalue weighted by molar-refractivity contribution is 4.86. The van der Waals surface area contributed by atoms with Gasteiger partial charge in [-0.05, 0) is 69.1 Å². The Bertz CT molecular complexity index is 429. The number of halogens is 4. The fourth-order valence-electron chi connectivity index (χ4n) is 5.15. The lowest BCUT2D eigenvalue weighted by Gasteiger charge is -2.40. The Morgan fingerprint density at radius 2 is 1.30 bits per heavy atom. The molecule has 27 heavy (non-hydrogen) atoms. The first-order valence-electron chi connectivity index (χ1n) is 10.2. The summed E-state index contributed by atoms with van der Waals surface area (Å²) in [6, 6.07) is 0. The van der Waals surface area contributed by atoms with Gasteiger partial charge in [-0.2, -0.15) is 8.78 Å². The zero-order valence-corrected chi connectivity index (χ0v) is 15.7. The van der Waals surface area contributed by atoms with Crippen molar-refractivity contribution < 1.29 is 30.6 Å². The van der Waals surface area contributed by atoms with Crippen LogP contribution in [-0.2, 0) is 4.74 Å². The topological polar surface area (TPSA) is 40.7 Å². The van der Waals surface area contributed by atoms with E-state index in [4.69, 9.17) is 4.74 Å². The molecule has 0 amide bonds. The normalized spacial score (nSPS) is 40.6. The molecule has 3 saturated carbocycles. The second-order valence-electron chi connectivity index (χ2n) is 8.78. The number of alkyl halides is 4. The van der Waals surface area contributed by atoms with Gasteiger partial charge in [-0.1, -0.05) is 27.2 Å². The van der Waals surface area contributed by atoms with Gasteiger partial charge < -0.3 is 10.2 Å². The Morgan fingerprint density at radius 1 is 0.778 bits per heavy atom. The SMILES string of the molecule is C.CC1CCC(C2CCC(C(F)(F)OC3CCC(F)C(F)C3)CC2)CC1.O.[HH].[HH]. The fraction of sp³-hybridized carbons (Fsp3) is 1.00. The van der Waals surface area contributed by atoms with Crippen LogP contribution in [0, 0.1) is 23.7 Å². The van der Waals surface area contributed by atoms with Crippen LogP contribution in [0.5, 0.6) is 0 Å². The Labute approximate surface area is 164 Å². The van der Waals surface area contributed by atoms with Gasteiger partial charge in [-0.3, -0.25) is 0 Å². The molecule has 0 bridgehead atoms. The highest BCUT2D eigenvalue weighted by atomic mass is 19.3. The molecule has 3 unspecified atom stereocenters. The number of hydrogen-bond acceptors (Lipinski definition) is 1. The van der Waals surface area contributed by atoms with E-state index in [1.54, 1.807) is 0 Å². The van der Waals surface area contributed by atoms with E-state index >= 15 is 0 Å². The van der Waals surface area contributed by atoms with E-state index in [9.17, 15) is 17.6 Å². The molecule has 0 aliphatic heterocycles. The lowest BCUT2D eigenvalue weighted by Crippen LogP contribution is -2.42. The largest absolute Gasteiger partial charge is 0.412 e. The van der Waals surface area contributed by atoms with Crippen LogP contribution in [0.2, 0.25) is 0 Å². The van der Waals surface area contributed by atoms with Gasteiger partial charge in [0.1, 0.15) is 12.3 Å². The molecular formula is C21H42F4O2. The second kappa shape index (κ2) is 10.4. The third-order valence-corrected chi connectivity index (χ3v) is 6.94. The van der Waals surface area contributed by atoms with Crippen LogP contribution < -0.4 is 0 Å². The molecule has 0 radical (unpaired) electrons. The van der Waals surface area contributed by atoms with Crippen molar-refractivity contribution in [3.63, 3.8) is 0 Å². The predicted octanol–water partition coefficient (Wildman–Crippen LogP) is 6.76. The van der Waals surface area contributed by atoms with Crippen LogP contribution in [0.25, 0.3) is 0 Å². The fourth-order valence-corrected chi connectivity index (χ4v) is 5.15. The molecule has 0 spiro atoms. The lowest BCUT2D eigenvalue weighted by molar-refractivity contribution is -0.304. The monoisotopic (exact) mass is 402 g/mol. The average molecular weight is 403 g/mol. The van der Waals surface area contributed by atoms with Crippen LogP contribution >= 0.6 is 0 Å². The molecule has 166 valence electrons. The smallest absolute Gasteiger partial charge is 0.358 e. The Balaban J connectivity index is 0. The van der Waals surface area contributed by atoms with E-state index in [1.165, 1.54) is 25.7 Å². The minimum absolute atomic E-state index is 0. The Kier molecular flexibility index (Phi) is 9.53. The van der Waals surface area contributed by atoms with Crippen molar-refractivity contribution >= 4 is 0 Å². The summed E-state index contributed by atoms with van der Waals surface area (Å²) >= 11 is 0. The standard InChI is InChI=1S/C20H32F4O.CH4.H2O.2H2/c1-13-2-4-14(5-3-13)15-6-8-16(9-7-15)20(23,24)25-17-10-11-18(21)19(22)12-17;;;;/h13-19H,2-12H2,1H3;1H4;1H2;2*1H. The summed E-state index contributed by atoms with van der Waals surface area (Å²) in [5.41, 5.74) is 0. The van der Waals surface area contributed by atoms with E-state index in [-0.39, 0.29) is 35.0 Å². The number of rotatable bonds is 4. The highest BCUT2D eigenvalue weighted by Crippen LogP contribution is 2.46. The predicted molar refractivity (Wildman–Crippen MR) is 105 cm³/mol. The molecule has 2 nitrogen and oxygen atoms in total. The van der Waals surface area contributed by atoms with E-state index in [2.05, 4.69) is 6.92 Å². The molecule has 2 N–H and O–H groups in total. The summed E-state index contributed by atoms with van der Waals surface area (Å²) in [6.07, 6.45) is 0.377. The van der Waals surface area contributed by atoms with Gasteiger partial charge in [0, 0.05) is 9.27 Å². The van der Waals surface area contributed by atoms with Crippen LogP contribution in [0.3, 0.4) is 0 Å².